The molecule has 2 aliphatic rings. The van der Waals surface area contributed by atoms with Crippen LogP contribution in [-0.2, 0) is 9.59 Å². The molecule has 0 atom stereocenters. The molecule has 3 aromatic carbocycles. The van der Waals surface area contributed by atoms with Crippen LogP contribution in [0.5, 0.6) is 0 Å². The van der Waals surface area contributed by atoms with Crippen LogP contribution in [0.2, 0.25) is 5.02 Å². The number of nitro groups is 1. The number of hydrogen-bond donors (Lipinski definition) is 2. The van der Waals surface area contributed by atoms with Crippen LogP contribution in [-0.4, -0.2) is 73.4 Å². The van der Waals surface area contributed by atoms with E-state index < -0.39 is 4.92 Å². The highest BCUT2D eigenvalue weighted by atomic mass is 35.5. The lowest BCUT2D eigenvalue weighted by Gasteiger charge is -2.32. The Morgan fingerprint density at radius 2 is 1.80 bits per heavy atom. The second-order valence-corrected chi connectivity index (χ2v) is 10.3. The molecule has 0 unspecified atom stereocenters. The summed E-state index contributed by atoms with van der Waals surface area (Å²) < 4.78 is 0. The minimum atomic E-state index is -0.505. The first-order valence-corrected chi connectivity index (χ1v) is 13.2. The third-order valence-corrected chi connectivity index (χ3v) is 7.41. The summed E-state index contributed by atoms with van der Waals surface area (Å²) in [4.78, 5) is 43.4. The van der Waals surface area contributed by atoms with E-state index in [2.05, 4.69) is 20.4 Å². The maximum Gasteiger partial charge on any atom is 0.295 e. The molecule has 2 aliphatic heterocycles. The molecular weight excluding hydrogens is 532 g/mol. The number of anilines is 3. The van der Waals surface area contributed by atoms with Crippen molar-refractivity contribution >= 4 is 57.4 Å². The zero-order chi connectivity index (χ0) is 28.4. The Morgan fingerprint density at radius 1 is 1.07 bits per heavy atom. The van der Waals surface area contributed by atoms with E-state index in [-0.39, 0.29) is 29.7 Å². The third-order valence-electron chi connectivity index (χ3n) is 7.17. The van der Waals surface area contributed by atoms with Crippen molar-refractivity contribution < 1.29 is 14.5 Å². The molecule has 0 saturated carbocycles. The summed E-state index contributed by atoms with van der Waals surface area (Å²) in [6.45, 7) is 3.45. The van der Waals surface area contributed by atoms with E-state index in [1.165, 1.54) is 11.0 Å². The summed E-state index contributed by atoms with van der Waals surface area (Å²) in [5, 5.41) is 18.7. The largest absolute Gasteiger partial charge is 0.354 e. The molecule has 206 valence electrons. The van der Waals surface area contributed by atoms with Gasteiger partial charge < -0.3 is 20.4 Å². The zero-order valence-electron chi connectivity index (χ0n) is 22.2. The quantitative estimate of drug-likeness (QED) is 0.250. The topological polar surface area (TPSA) is 111 Å². The van der Waals surface area contributed by atoms with Crippen LogP contribution >= 0.6 is 11.6 Å². The Bertz CT molecular complexity index is 1500. The van der Waals surface area contributed by atoms with E-state index in [0.717, 1.165) is 31.7 Å². The Balaban J connectivity index is 1.48. The number of nitrogens with one attached hydrogen (secondary N) is 2. The number of rotatable bonds is 7. The molecule has 11 heteroatoms. The second-order valence-electron chi connectivity index (χ2n) is 9.88. The molecule has 0 spiro atoms. The first kappa shape index (κ1) is 27.3. The van der Waals surface area contributed by atoms with Gasteiger partial charge in [0.2, 0.25) is 5.91 Å². The normalized spacial score (nSPS) is 16.7. The summed E-state index contributed by atoms with van der Waals surface area (Å²) in [6.07, 6.45) is 0. The van der Waals surface area contributed by atoms with Crippen LogP contribution < -0.4 is 15.5 Å². The van der Waals surface area contributed by atoms with Crippen molar-refractivity contribution in [2.45, 2.75) is 0 Å². The van der Waals surface area contributed by atoms with Gasteiger partial charge in [-0.25, -0.2) is 0 Å². The highest BCUT2D eigenvalue weighted by Crippen LogP contribution is 2.39. The summed E-state index contributed by atoms with van der Waals surface area (Å²) in [5.74, 6) is -0.540. The van der Waals surface area contributed by atoms with E-state index in [1.54, 1.807) is 37.4 Å². The molecule has 5 rings (SSSR count). The van der Waals surface area contributed by atoms with Gasteiger partial charge >= 0.3 is 0 Å². The molecule has 0 aromatic heterocycles. The fraction of sp³-hybridized carbons (Fsp3) is 0.241. The van der Waals surface area contributed by atoms with Gasteiger partial charge in [-0.3, -0.25) is 24.6 Å². The van der Waals surface area contributed by atoms with Crippen LogP contribution in [0.1, 0.15) is 11.1 Å². The van der Waals surface area contributed by atoms with Crippen molar-refractivity contribution in [2.75, 3.05) is 62.4 Å². The molecule has 40 heavy (non-hydrogen) atoms. The number of hydrogen-bond acceptors (Lipinski definition) is 7. The predicted octanol–water partition coefficient (Wildman–Crippen LogP) is 4.39. The molecule has 0 bridgehead atoms. The maximum atomic E-state index is 13.1. The van der Waals surface area contributed by atoms with Crippen molar-refractivity contribution in [3.05, 3.63) is 93.0 Å². The van der Waals surface area contributed by atoms with Crippen molar-refractivity contribution in [3.8, 4) is 0 Å². The summed E-state index contributed by atoms with van der Waals surface area (Å²) in [6, 6.07) is 19.0. The number of carbonyl (C=O) groups excluding carboxylic acids is 2. The lowest BCUT2D eigenvalue weighted by atomic mass is 10.00. The van der Waals surface area contributed by atoms with E-state index in [9.17, 15) is 19.7 Å². The Morgan fingerprint density at radius 3 is 2.50 bits per heavy atom. The molecule has 10 nitrogen and oxygen atoms in total. The van der Waals surface area contributed by atoms with E-state index in [4.69, 9.17) is 11.6 Å². The molecule has 2 N–H and O–H groups in total. The van der Waals surface area contributed by atoms with Crippen molar-refractivity contribution in [2.24, 2.45) is 0 Å². The minimum Gasteiger partial charge on any atom is -0.354 e. The lowest BCUT2D eigenvalue weighted by Crippen LogP contribution is -2.48. The first-order valence-electron chi connectivity index (χ1n) is 12.8. The summed E-state index contributed by atoms with van der Waals surface area (Å²) in [7, 11) is 3.59. The van der Waals surface area contributed by atoms with Crippen LogP contribution in [0, 0.1) is 10.1 Å². The minimum absolute atomic E-state index is 0.185. The van der Waals surface area contributed by atoms with Gasteiger partial charge in [-0.15, -0.1) is 0 Å². The van der Waals surface area contributed by atoms with Gasteiger partial charge in [-0.05, 0) is 36.9 Å². The van der Waals surface area contributed by atoms with Crippen LogP contribution in [0.4, 0.5) is 22.7 Å². The summed E-state index contributed by atoms with van der Waals surface area (Å²) >= 11 is 6.14. The fourth-order valence-electron chi connectivity index (χ4n) is 4.89. The first-order chi connectivity index (χ1) is 19.2. The number of likely N-dealkylation sites (N-methyl/N-ethyl adjacent to an activating group) is 2. The molecule has 2 heterocycles. The highest BCUT2D eigenvalue weighted by Gasteiger charge is 2.30. The SMILES string of the molecule is CN1CCN(CC(=O)N(C)c2ccc(NC(=C3C(=O)Nc4cc(Cl)ccc43)c3ccccc3)cc2[N+](=O)[O-])CC1. The number of halogens is 1. The number of fused-ring (bicyclic) bond motifs is 1. The number of piperazine rings is 1. The van der Waals surface area contributed by atoms with Gasteiger partial charge in [0.15, 0.2) is 0 Å². The molecular formula is C29H29ClN6O4. The van der Waals surface area contributed by atoms with E-state index in [1.807, 2.05) is 37.4 Å². The van der Waals surface area contributed by atoms with Gasteiger partial charge in [-0.1, -0.05) is 48.0 Å². The van der Waals surface area contributed by atoms with Crippen LogP contribution in [0.3, 0.4) is 0 Å². The average molecular weight is 561 g/mol. The third kappa shape index (κ3) is 5.69. The highest BCUT2D eigenvalue weighted by molar-refractivity contribution is 6.38. The van der Waals surface area contributed by atoms with Gasteiger partial charge in [0.25, 0.3) is 11.6 Å². The number of amides is 2. The zero-order valence-corrected chi connectivity index (χ0v) is 22.9. The monoisotopic (exact) mass is 560 g/mol. The Labute approximate surface area is 237 Å². The molecule has 2 amide bonds. The number of carbonyl (C=O) groups is 2. The van der Waals surface area contributed by atoms with Gasteiger partial charge in [-0.2, -0.15) is 0 Å². The number of benzene rings is 3. The van der Waals surface area contributed by atoms with Crippen molar-refractivity contribution in [1.82, 2.24) is 9.80 Å². The Kier molecular flexibility index (Phi) is 7.83. The molecule has 1 fully saturated rings. The van der Waals surface area contributed by atoms with Gasteiger partial charge in [0.1, 0.15) is 5.69 Å². The maximum absolute atomic E-state index is 13.1. The van der Waals surface area contributed by atoms with Crippen molar-refractivity contribution in [1.29, 1.82) is 0 Å². The van der Waals surface area contributed by atoms with Gasteiger partial charge in [0.05, 0.1) is 28.4 Å². The molecule has 1 saturated heterocycles. The average Bonchev–Trinajstić information content (AvgIpc) is 3.27. The number of nitro benzene ring substituents is 1. The fourth-order valence-corrected chi connectivity index (χ4v) is 5.06. The Hall–Kier alpha value is -4.25. The second kappa shape index (κ2) is 11.5. The predicted molar refractivity (Wildman–Crippen MR) is 157 cm³/mol. The number of nitrogens with zero attached hydrogens (tertiary/aromatic N) is 4. The van der Waals surface area contributed by atoms with Crippen LogP contribution in [0.25, 0.3) is 11.3 Å². The lowest BCUT2D eigenvalue weighted by molar-refractivity contribution is -0.384. The summed E-state index contributed by atoms with van der Waals surface area (Å²) in [5.41, 5.74) is 3.23. The van der Waals surface area contributed by atoms with Crippen molar-refractivity contribution in [3.63, 3.8) is 0 Å². The van der Waals surface area contributed by atoms with E-state index >= 15 is 0 Å². The van der Waals surface area contributed by atoms with Crippen LogP contribution in [0.15, 0.2) is 66.7 Å². The molecule has 0 aliphatic carbocycles. The molecule has 3 aromatic rings. The standard InChI is InChI=1S/C29H29ClN6O4/c1-33-12-14-35(15-13-33)18-26(37)34(2)24-11-9-21(17-25(24)36(39)40)31-28(19-6-4-3-5-7-19)27-22-10-8-20(30)16-23(22)32-29(27)38/h3-11,16-17,31H,12-15,18H2,1-2H3,(H,32,38). The molecule has 0 radical (unpaired) electrons. The van der Waals surface area contributed by atoms with Gasteiger partial charge in [0, 0.05) is 55.6 Å². The van der Waals surface area contributed by atoms with E-state index in [0.29, 0.717) is 33.2 Å². The smallest absolute Gasteiger partial charge is 0.295 e.